The zero-order chi connectivity index (χ0) is 12.3. The first kappa shape index (κ1) is 11.4. The van der Waals surface area contributed by atoms with E-state index >= 15 is 0 Å². The number of rotatable bonds is 2. The Balaban J connectivity index is 2.18. The van der Waals surface area contributed by atoms with Crippen LogP contribution in [-0.2, 0) is 4.79 Å². The van der Waals surface area contributed by atoms with Gasteiger partial charge in [0, 0.05) is 6.54 Å². The van der Waals surface area contributed by atoms with Crippen molar-refractivity contribution < 1.29 is 9.18 Å². The molecule has 1 aromatic rings. The highest BCUT2D eigenvalue weighted by atomic mass is 19.1. The van der Waals surface area contributed by atoms with Crippen LogP contribution < -0.4 is 10.6 Å². The van der Waals surface area contributed by atoms with Gasteiger partial charge < -0.3 is 10.6 Å². The number of carbonyl (C=O) groups is 1. The Hall–Kier alpha value is -2.09. The molecule has 0 aliphatic carbocycles. The van der Waals surface area contributed by atoms with E-state index in [1.165, 1.54) is 12.1 Å². The summed E-state index contributed by atoms with van der Waals surface area (Å²) < 4.78 is 12.9. The van der Waals surface area contributed by atoms with E-state index in [1.54, 1.807) is 0 Å². The molecule has 4 nitrogen and oxygen atoms in total. The standard InChI is InChI=1S/C12H12FN3O/c13-9-3-4-10(8(6-9)7-14)16-11-2-1-5-15-12(11)17/h3-4,6,11,16H,1-2,5H2,(H,15,17). The molecule has 17 heavy (non-hydrogen) atoms. The number of hydrogen-bond donors (Lipinski definition) is 2. The van der Waals surface area contributed by atoms with E-state index in [-0.39, 0.29) is 17.5 Å². The number of hydrogen-bond acceptors (Lipinski definition) is 3. The zero-order valence-electron chi connectivity index (χ0n) is 9.16. The van der Waals surface area contributed by atoms with Crippen molar-refractivity contribution in [3.8, 4) is 6.07 Å². The molecule has 0 saturated carbocycles. The summed E-state index contributed by atoms with van der Waals surface area (Å²) in [6.07, 6.45) is 1.61. The second kappa shape index (κ2) is 4.83. The molecule has 2 rings (SSSR count). The van der Waals surface area contributed by atoms with Crippen LogP contribution in [0.15, 0.2) is 18.2 Å². The Kier molecular flexibility index (Phi) is 3.24. The smallest absolute Gasteiger partial charge is 0.242 e. The van der Waals surface area contributed by atoms with Crippen molar-refractivity contribution >= 4 is 11.6 Å². The normalized spacial score (nSPS) is 19.3. The number of benzene rings is 1. The lowest BCUT2D eigenvalue weighted by Gasteiger charge is -2.24. The summed E-state index contributed by atoms with van der Waals surface area (Å²) in [6.45, 7) is 0.686. The van der Waals surface area contributed by atoms with E-state index in [2.05, 4.69) is 10.6 Å². The van der Waals surface area contributed by atoms with Gasteiger partial charge in [-0.05, 0) is 31.0 Å². The molecule has 0 radical (unpaired) electrons. The topological polar surface area (TPSA) is 64.9 Å². The predicted molar refractivity (Wildman–Crippen MR) is 60.8 cm³/mol. The number of nitriles is 1. The van der Waals surface area contributed by atoms with E-state index < -0.39 is 5.82 Å². The van der Waals surface area contributed by atoms with Crippen LogP contribution in [0.2, 0.25) is 0 Å². The first-order valence-corrected chi connectivity index (χ1v) is 5.44. The maximum absolute atomic E-state index is 12.9. The fourth-order valence-electron chi connectivity index (χ4n) is 1.83. The van der Waals surface area contributed by atoms with Crippen molar-refractivity contribution in [1.29, 1.82) is 5.26 Å². The molecule has 0 bridgehead atoms. The summed E-state index contributed by atoms with van der Waals surface area (Å²) in [5.74, 6) is -0.537. The molecular weight excluding hydrogens is 221 g/mol. The molecule has 1 aliphatic rings. The highest BCUT2D eigenvalue weighted by Gasteiger charge is 2.22. The van der Waals surface area contributed by atoms with E-state index in [0.717, 1.165) is 12.5 Å². The molecule has 88 valence electrons. The van der Waals surface area contributed by atoms with Gasteiger partial charge in [-0.1, -0.05) is 0 Å². The van der Waals surface area contributed by atoms with Crippen molar-refractivity contribution in [1.82, 2.24) is 5.32 Å². The van der Waals surface area contributed by atoms with Gasteiger partial charge in [0.15, 0.2) is 0 Å². The predicted octanol–water partition coefficient (Wildman–Crippen LogP) is 1.39. The SMILES string of the molecule is N#Cc1cc(F)ccc1NC1CCCNC1=O. The van der Waals surface area contributed by atoms with Gasteiger partial charge in [-0.15, -0.1) is 0 Å². The lowest BCUT2D eigenvalue weighted by Crippen LogP contribution is -2.44. The van der Waals surface area contributed by atoms with E-state index in [9.17, 15) is 9.18 Å². The fraction of sp³-hybridized carbons (Fsp3) is 0.333. The van der Waals surface area contributed by atoms with Crippen molar-refractivity contribution in [2.45, 2.75) is 18.9 Å². The zero-order valence-corrected chi connectivity index (χ0v) is 9.16. The summed E-state index contributed by atoms with van der Waals surface area (Å²) in [5.41, 5.74) is 0.708. The monoisotopic (exact) mass is 233 g/mol. The number of amides is 1. The summed E-state index contributed by atoms with van der Waals surface area (Å²) >= 11 is 0. The molecule has 1 unspecified atom stereocenters. The average molecular weight is 233 g/mol. The minimum Gasteiger partial charge on any atom is -0.373 e. The Bertz CT molecular complexity index is 481. The van der Waals surface area contributed by atoms with Gasteiger partial charge in [0.25, 0.3) is 0 Å². The molecule has 1 saturated heterocycles. The Labute approximate surface area is 98.4 Å². The molecule has 2 N–H and O–H groups in total. The maximum atomic E-state index is 12.9. The number of piperidine rings is 1. The Morgan fingerprint density at radius 3 is 3.06 bits per heavy atom. The molecule has 1 aromatic carbocycles. The number of nitrogens with zero attached hydrogens (tertiary/aromatic N) is 1. The number of carbonyl (C=O) groups excluding carboxylic acids is 1. The van der Waals surface area contributed by atoms with Gasteiger partial charge in [-0.25, -0.2) is 4.39 Å². The van der Waals surface area contributed by atoms with Crippen LogP contribution in [0, 0.1) is 17.1 Å². The van der Waals surface area contributed by atoms with E-state index in [4.69, 9.17) is 5.26 Å². The molecule has 0 aromatic heterocycles. The molecule has 1 amide bonds. The van der Waals surface area contributed by atoms with Gasteiger partial charge >= 0.3 is 0 Å². The average Bonchev–Trinajstić information content (AvgIpc) is 2.34. The summed E-state index contributed by atoms with van der Waals surface area (Å²) in [4.78, 5) is 11.5. The van der Waals surface area contributed by atoms with Gasteiger partial charge in [0.1, 0.15) is 17.9 Å². The van der Waals surface area contributed by atoms with Crippen molar-refractivity contribution in [3.63, 3.8) is 0 Å². The Morgan fingerprint density at radius 2 is 2.35 bits per heavy atom. The molecule has 1 aliphatic heterocycles. The van der Waals surface area contributed by atoms with Gasteiger partial charge in [-0.3, -0.25) is 4.79 Å². The van der Waals surface area contributed by atoms with Gasteiger partial charge in [0.05, 0.1) is 11.3 Å². The minimum atomic E-state index is -0.458. The second-order valence-electron chi connectivity index (χ2n) is 3.93. The van der Waals surface area contributed by atoms with Crippen LogP contribution in [0.1, 0.15) is 18.4 Å². The number of anilines is 1. The van der Waals surface area contributed by atoms with Crippen LogP contribution >= 0.6 is 0 Å². The first-order chi connectivity index (χ1) is 8.20. The summed E-state index contributed by atoms with van der Waals surface area (Å²) in [5, 5.41) is 14.6. The highest BCUT2D eigenvalue weighted by Crippen LogP contribution is 2.19. The van der Waals surface area contributed by atoms with Crippen molar-refractivity contribution in [2.24, 2.45) is 0 Å². The number of nitrogens with one attached hydrogen (secondary N) is 2. The molecular formula is C12H12FN3O. The van der Waals surface area contributed by atoms with E-state index in [1.807, 2.05) is 6.07 Å². The van der Waals surface area contributed by atoms with Gasteiger partial charge in [-0.2, -0.15) is 5.26 Å². The second-order valence-corrected chi connectivity index (χ2v) is 3.93. The summed E-state index contributed by atoms with van der Waals surface area (Å²) in [6, 6.07) is 5.47. The van der Waals surface area contributed by atoms with Crippen LogP contribution in [-0.4, -0.2) is 18.5 Å². The van der Waals surface area contributed by atoms with Crippen LogP contribution in [0.4, 0.5) is 10.1 Å². The van der Waals surface area contributed by atoms with Crippen LogP contribution in [0.25, 0.3) is 0 Å². The third-order valence-corrected chi connectivity index (χ3v) is 2.72. The highest BCUT2D eigenvalue weighted by molar-refractivity contribution is 5.85. The molecule has 0 spiro atoms. The van der Waals surface area contributed by atoms with Gasteiger partial charge in [0.2, 0.25) is 5.91 Å². The largest absolute Gasteiger partial charge is 0.373 e. The maximum Gasteiger partial charge on any atom is 0.242 e. The molecule has 5 heteroatoms. The summed E-state index contributed by atoms with van der Waals surface area (Å²) in [7, 11) is 0. The van der Waals surface area contributed by atoms with Crippen LogP contribution in [0.5, 0.6) is 0 Å². The fourth-order valence-corrected chi connectivity index (χ4v) is 1.83. The third kappa shape index (κ3) is 2.53. The quantitative estimate of drug-likeness (QED) is 0.811. The molecule has 1 heterocycles. The minimum absolute atomic E-state index is 0.0792. The third-order valence-electron chi connectivity index (χ3n) is 2.72. The molecule has 1 fully saturated rings. The lowest BCUT2D eigenvalue weighted by molar-refractivity contribution is -0.123. The first-order valence-electron chi connectivity index (χ1n) is 5.44. The van der Waals surface area contributed by atoms with Crippen molar-refractivity contribution in [3.05, 3.63) is 29.6 Å². The lowest BCUT2D eigenvalue weighted by atomic mass is 10.1. The number of halogens is 1. The van der Waals surface area contributed by atoms with Crippen LogP contribution in [0.3, 0.4) is 0 Å². The van der Waals surface area contributed by atoms with Crippen molar-refractivity contribution in [2.75, 3.05) is 11.9 Å². The Morgan fingerprint density at radius 1 is 1.53 bits per heavy atom. The van der Waals surface area contributed by atoms with E-state index in [0.29, 0.717) is 18.7 Å². The molecule has 1 atom stereocenters.